The molecule has 0 unspecified atom stereocenters. The van der Waals surface area contributed by atoms with Gasteiger partial charge in [0.25, 0.3) is 0 Å². The van der Waals surface area contributed by atoms with Crippen molar-refractivity contribution in [3.63, 3.8) is 0 Å². The summed E-state index contributed by atoms with van der Waals surface area (Å²) >= 11 is 0. The number of nitrogen functional groups attached to an aromatic ring is 1. The van der Waals surface area contributed by atoms with E-state index in [0.29, 0.717) is 29.2 Å². The quantitative estimate of drug-likeness (QED) is 0.916. The monoisotopic (exact) mass is 266 g/mol. The topological polar surface area (TPSA) is 52.0 Å². The summed E-state index contributed by atoms with van der Waals surface area (Å²) in [5.41, 5.74) is 6.57. The van der Waals surface area contributed by atoms with Crippen LogP contribution >= 0.6 is 0 Å². The highest BCUT2D eigenvalue weighted by molar-refractivity contribution is 5.75. The molecule has 0 aliphatic carbocycles. The molecule has 3 nitrogen and oxygen atoms in total. The van der Waals surface area contributed by atoms with Gasteiger partial charge in [-0.2, -0.15) is 0 Å². The standard InChI is InChI=1S/C14H16F2N2O/c1-8(2)3-4-12-13(14(17)18-19-12)9-5-10(15)7-11(16)6-9/h5-8H,3-4H2,1-2H3,(H2,17,18). The van der Waals surface area contributed by atoms with Crippen molar-refractivity contribution >= 4 is 5.82 Å². The van der Waals surface area contributed by atoms with E-state index in [-0.39, 0.29) is 5.82 Å². The number of rotatable bonds is 4. The minimum absolute atomic E-state index is 0.156. The van der Waals surface area contributed by atoms with E-state index < -0.39 is 11.6 Å². The number of aromatic nitrogens is 1. The average molecular weight is 266 g/mol. The molecule has 0 aliphatic heterocycles. The summed E-state index contributed by atoms with van der Waals surface area (Å²) < 4.78 is 31.7. The lowest BCUT2D eigenvalue weighted by Gasteiger charge is -2.05. The zero-order chi connectivity index (χ0) is 14.0. The van der Waals surface area contributed by atoms with E-state index in [1.807, 2.05) is 0 Å². The van der Waals surface area contributed by atoms with E-state index in [1.54, 1.807) is 0 Å². The lowest BCUT2D eigenvalue weighted by molar-refractivity contribution is 0.376. The van der Waals surface area contributed by atoms with Gasteiger partial charge in [-0.25, -0.2) is 8.78 Å². The van der Waals surface area contributed by atoms with E-state index in [2.05, 4.69) is 19.0 Å². The lowest BCUT2D eigenvalue weighted by atomic mass is 10.0. The number of nitrogens with two attached hydrogens (primary N) is 1. The van der Waals surface area contributed by atoms with Gasteiger partial charge in [-0.15, -0.1) is 0 Å². The molecule has 0 amide bonds. The van der Waals surface area contributed by atoms with Crippen molar-refractivity contribution in [2.45, 2.75) is 26.7 Å². The molecule has 2 rings (SSSR count). The fraction of sp³-hybridized carbons (Fsp3) is 0.357. The minimum atomic E-state index is -0.648. The van der Waals surface area contributed by atoms with Gasteiger partial charge in [-0.1, -0.05) is 19.0 Å². The first-order valence-corrected chi connectivity index (χ1v) is 6.18. The van der Waals surface area contributed by atoms with Crippen LogP contribution in [-0.4, -0.2) is 5.16 Å². The molecule has 1 aromatic heterocycles. The number of hydrogen-bond donors (Lipinski definition) is 1. The van der Waals surface area contributed by atoms with Crippen LogP contribution in [0.2, 0.25) is 0 Å². The first kappa shape index (κ1) is 13.5. The Bertz CT molecular complexity index is 559. The van der Waals surface area contributed by atoms with Gasteiger partial charge in [0.05, 0.1) is 5.56 Å². The van der Waals surface area contributed by atoms with Crippen molar-refractivity contribution in [2.75, 3.05) is 5.73 Å². The molecule has 2 aromatic rings. The smallest absolute Gasteiger partial charge is 0.175 e. The maximum absolute atomic E-state index is 13.3. The van der Waals surface area contributed by atoms with Crippen molar-refractivity contribution in [3.05, 3.63) is 35.6 Å². The predicted octanol–water partition coefficient (Wildman–Crippen LogP) is 3.79. The third-order valence-corrected chi connectivity index (χ3v) is 2.89. The Morgan fingerprint density at radius 3 is 2.42 bits per heavy atom. The van der Waals surface area contributed by atoms with Crippen molar-refractivity contribution in [1.29, 1.82) is 0 Å². The van der Waals surface area contributed by atoms with E-state index in [0.717, 1.165) is 12.5 Å². The molecule has 5 heteroatoms. The van der Waals surface area contributed by atoms with E-state index in [4.69, 9.17) is 10.3 Å². The number of benzene rings is 1. The van der Waals surface area contributed by atoms with Crippen molar-refractivity contribution in [1.82, 2.24) is 5.16 Å². The normalized spacial score (nSPS) is 11.2. The van der Waals surface area contributed by atoms with E-state index >= 15 is 0 Å². The molecule has 0 atom stereocenters. The molecule has 0 fully saturated rings. The molecule has 1 heterocycles. The SMILES string of the molecule is CC(C)CCc1onc(N)c1-c1cc(F)cc(F)c1. The van der Waals surface area contributed by atoms with Crippen LogP contribution in [0.1, 0.15) is 26.0 Å². The van der Waals surface area contributed by atoms with Gasteiger partial charge >= 0.3 is 0 Å². The number of aryl methyl sites for hydroxylation is 1. The Kier molecular flexibility index (Phi) is 3.83. The van der Waals surface area contributed by atoms with Crippen LogP contribution in [0, 0.1) is 17.6 Å². The highest BCUT2D eigenvalue weighted by Gasteiger charge is 2.17. The molecule has 0 radical (unpaired) electrons. The second kappa shape index (κ2) is 5.38. The third-order valence-electron chi connectivity index (χ3n) is 2.89. The highest BCUT2D eigenvalue weighted by Crippen LogP contribution is 2.31. The first-order valence-electron chi connectivity index (χ1n) is 6.18. The summed E-state index contributed by atoms with van der Waals surface area (Å²) in [6.45, 7) is 4.17. The fourth-order valence-electron chi connectivity index (χ4n) is 1.94. The van der Waals surface area contributed by atoms with E-state index in [9.17, 15) is 8.78 Å². The van der Waals surface area contributed by atoms with Crippen LogP contribution in [0.5, 0.6) is 0 Å². The number of nitrogens with zero attached hydrogens (tertiary/aromatic N) is 1. The molecule has 2 N–H and O–H groups in total. The summed E-state index contributed by atoms with van der Waals surface area (Å²) in [5, 5.41) is 3.69. The molecule has 1 aromatic carbocycles. The summed E-state index contributed by atoms with van der Waals surface area (Å²) in [6.07, 6.45) is 1.52. The number of anilines is 1. The molecular weight excluding hydrogens is 250 g/mol. The highest BCUT2D eigenvalue weighted by atomic mass is 19.1. The Hall–Kier alpha value is -1.91. The average Bonchev–Trinajstić information content (AvgIpc) is 2.66. The number of halogens is 2. The molecule has 0 saturated carbocycles. The largest absolute Gasteiger partial charge is 0.380 e. The molecular formula is C14H16F2N2O. The summed E-state index contributed by atoms with van der Waals surface area (Å²) in [5.74, 6) is -0.0841. The maximum Gasteiger partial charge on any atom is 0.175 e. The molecule has 0 saturated heterocycles. The fourth-order valence-corrected chi connectivity index (χ4v) is 1.94. The zero-order valence-electron chi connectivity index (χ0n) is 10.9. The zero-order valence-corrected chi connectivity index (χ0v) is 10.9. The van der Waals surface area contributed by atoms with Gasteiger partial charge in [0.15, 0.2) is 5.82 Å². The van der Waals surface area contributed by atoms with Gasteiger partial charge in [-0.05, 0) is 30.0 Å². The lowest BCUT2D eigenvalue weighted by Crippen LogP contribution is -1.95. The van der Waals surface area contributed by atoms with Crippen LogP contribution in [0.3, 0.4) is 0 Å². The first-order chi connectivity index (χ1) is 8.97. The molecule has 102 valence electrons. The van der Waals surface area contributed by atoms with Gasteiger partial charge in [0.2, 0.25) is 0 Å². The van der Waals surface area contributed by atoms with Crippen molar-refractivity contribution < 1.29 is 13.3 Å². The van der Waals surface area contributed by atoms with Crippen molar-refractivity contribution in [3.8, 4) is 11.1 Å². The predicted molar refractivity (Wildman–Crippen MR) is 69.4 cm³/mol. The summed E-state index contributed by atoms with van der Waals surface area (Å²) in [7, 11) is 0. The van der Waals surface area contributed by atoms with Gasteiger partial charge < -0.3 is 10.3 Å². The van der Waals surface area contributed by atoms with Gasteiger partial charge in [0, 0.05) is 12.5 Å². The van der Waals surface area contributed by atoms with Crippen LogP contribution in [-0.2, 0) is 6.42 Å². The molecule has 19 heavy (non-hydrogen) atoms. The van der Waals surface area contributed by atoms with Crippen LogP contribution < -0.4 is 5.73 Å². The number of hydrogen-bond acceptors (Lipinski definition) is 3. The summed E-state index contributed by atoms with van der Waals surface area (Å²) in [4.78, 5) is 0. The summed E-state index contributed by atoms with van der Waals surface area (Å²) in [6, 6.07) is 3.27. The van der Waals surface area contributed by atoms with Crippen LogP contribution in [0.4, 0.5) is 14.6 Å². The van der Waals surface area contributed by atoms with Crippen LogP contribution in [0.25, 0.3) is 11.1 Å². The van der Waals surface area contributed by atoms with E-state index in [1.165, 1.54) is 12.1 Å². The third kappa shape index (κ3) is 3.10. The Labute approximate surface area is 110 Å². The van der Waals surface area contributed by atoms with Gasteiger partial charge in [0.1, 0.15) is 17.4 Å². The second-order valence-corrected chi connectivity index (χ2v) is 4.96. The Morgan fingerprint density at radius 2 is 1.84 bits per heavy atom. The minimum Gasteiger partial charge on any atom is -0.380 e. The maximum atomic E-state index is 13.3. The van der Waals surface area contributed by atoms with Gasteiger partial charge in [-0.3, -0.25) is 0 Å². The molecule has 0 spiro atoms. The second-order valence-electron chi connectivity index (χ2n) is 4.96. The molecule has 0 bridgehead atoms. The Morgan fingerprint density at radius 1 is 1.21 bits per heavy atom. The molecule has 0 aliphatic rings. The van der Waals surface area contributed by atoms with Crippen LogP contribution in [0.15, 0.2) is 22.7 Å². The Balaban J connectivity index is 2.40. The van der Waals surface area contributed by atoms with Crippen molar-refractivity contribution in [2.24, 2.45) is 5.92 Å².